The number of halogens is 1. The summed E-state index contributed by atoms with van der Waals surface area (Å²) in [7, 11) is -2.90. The molecule has 134 valence electrons. The minimum Gasteiger partial charge on any atom is -0.391 e. The molecule has 0 aliphatic rings. The molecule has 1 heterocycles. The molecule has 0 spiro atoms. The molecular weight excluding hydrogens is 350 g/mol. The maximum Gasteiger partial charge on any atom is 0.503 e. The molecule has 0 amide bonds. The largest absolute Gasteiger partial charge is 0.503 e. The van der Waals surface area contributed by atoms with Crippen molar-refractivity contribution in [3.63, 3.8) is 0 Å². The van der Waals surface area contributed by atoms with Crippen LogP contribution >= 0.6 is 11.6 Å². The molecule has 0 bridgehead atoms. The Labute approximate surface area is 147 Å². The van der Waals surface area contributed by atoms with Gasteiger partial charge < -0.3 is 18.4 Å². The van der Waals surface area contributed by atoms with E-state index in [4.69, 9.17) is 24.9 Å². The van der Waals surface area contributed by atoms with Crippen LogP contribution in [0.5, 0.6) is 0 Å². The Kier molecular flexibility index (Phi) is 7.14. The zero-order chi connectivity index (χ0) is 17.6. The second-order valence-electron chi connectivity index (χ2n) is 5.23. The van der Waals surface area contributed by atoms with Crippen molar-refractivity contribution in [3.8, 4) is 0 Å². The molecule has 1 aromatic carbocycles. The molecule has 0 aliphatic heterocycles. The van der Waals surface area contributed by atoms with Gasteiger partial charge in [-0.15, -0.1) is 0 Å². The predicted octanol–water partition coefficient (Wildman–Crippen LogP) is 2.49. The van der Waals surface area contributed by atoms with Gasteiger partial charge in [-0.05, 0) is 39.0 Å². The number of aliphatic hydroxyl groups is 1. The van der Waals surface area contributed by atoms with Gasteiger partial charge in [-0.25, -0.2) is 0 Å². The highest BCUT2D eigenvalue weighted by Crippen LogP contribution is 2.20. The molecule has 24 heavy (non-hydrogen) atoms. The minimum atomic E-state index is -2.90. The van der Waals surface area contributed by atoms with Gasteiger partial charge >= 0.3 is 8.80 Å². The monoisotopic (exact) mass is 373 g/mol. The van der Waals surface area contributed by atoms with E-state index in [9.17, 15) is 5.11 Å². The summed E-state index contributed by atoms with van der Waals surface area (Å²) < 4.78 is 17.3. The van der Waals surface area contributed by atoms with E-state index in [1.807, 2.05) is 20.8 Å². The molecule has 1 unspecified atom stereocenters. The zero-order valence-electron chi connectivity index (χ0n) is 14.2. The molecule has 9 heteroatoms. The summed E-state index contributed by atoms with van der Waals surface area (Å²) in [5.41, 5.74) is 1.42. The molecule has 0 aliphatic carbocycles. The van der Waals surface area contributed by atoms with E-state index in [-0.39, 0.29) is 6.54 Å². The van der Waals surface area contributed by atoms with Gasteiger partial charge in [0.1, 0.15) is 11.0 Å². The molecule has 0 saturated carbocycles. The number of rotatable bonds is 10. The van der Waals surface area contributed by atoms with Crippen LogP contribution in [0.15, 0.2) is 18.2 Å². The van der Waals surface area contributed by atoms with E-state index in [1.165, 1.54) is 4.80 Å². The van der Waals surface area contributed by atoms with Crippen molar-refractivity contribution in [1.29, 1.82) is 0 Å². The number of benzene rings is 1. The van der Waals surface area contributed by atoms with Crippen LogP contribution in [0, 0.1) is 0 Å². The van der Waals surface area contributed by atoms with Crippen LogP contribution in [0.25, 0.3) is 11.0 Å². The molecule has 2 aromatic rings. The lowest BCUT2D eigenvalue weighted by atomic mass is 10.3. The van der Waals surface area contributed by atoms with E-state index in [1.54, 1.807) is 18.2 Å². The van der Waals surface area contributed by atoms with Gasteiger partial charge in [0.15, 0.2) is 0 Å². The van der Waals surface area contributed by atoms with Gasteiger partial charge in [-0.2, -0.15) is 15.0 Å². The van der Waals surface area contributed by atoms with Crippen LogP contribution in [0.2, 0.25) is 11.1 Å². The Hall–Kier alpha value is -1.03. The van der Waals surface area contributed by atoms with Crippen molar-refractivity contribution in [2.75, 3.05) is 19.8 Å². The average Bonchev–Trinajstić information content (AvgIpc) is 2.88. The Balaban J connectivity index is 2.09. The fourth-order valence-electron chi connectivity index (χ4n) is 2.52. The normalized spacial score (nSPS) is 13.5. The van der Waals surface area contributed by atoms with E-state index in [2.05, 4.69) is 10.2 Å². The molecule has 1 N–H and O–H groups in total. The van der Waals surface area contributed by atoms with Crippen molar-refractivity contribution >= 4 is 31.4 Å². The quantitative estimate of drug-likeness (QED) is 0.644. The number of aromatic nitrogens is 3. The van der Waals surface area contributed by atoms with Gasteiger partial charge in [0.05, 0.1) is 12.6 Å². The molecule has 7 nitrogen and oxygen atoms in total. The Morgan fingerprint density at radius 2 is 1.67 bits per heavy atom. The number of nitrogens with zero attached hydrogens (tertiary/aromatic N) is 3. The SMILES string of the molecule is CCO[Si](CC(O)Cn1nc2ccc(Cl)cc2n1)(OCC)OCC. The summed E-state index contributed by atoms with van der Waals surface area (Å²) in [4.78, 5) is 1.47. The molecule has 1 atom stereocenters. The second kappa shape index (κ2) is 8.89. The summed E-state index contributed by atoms with van der Waals surface area (Å²) in [6.45, 7) is 7.31. The molecule has 0 radical (unpaired) electrons. The molecule has 2 rings (SSSR count). The first-order valence-corrected chi connectivity index (χ1v) is 10.4. The van der Waals surface area contributed by atoms with Crippen LogP contribution in [-0.4, -0.2) is 54.8 Å². The third-order valence-electron chi connectivity index (χ3n) is 3.34. The topological polar surface area (TPSA) is 78.6 Å². The smallest absolute Gasteiger partial charge is 0.391 e. The highest BCUT2D eigenvalue weighted by Gasteiger charge is 2.42. The maximum atomic E-state index is 10.5. The summed E-state index contributed by atoms with van der Waals surface area (Å²) in [5, 5.41) is 19.7. The van der Waals surface area contributed by atoms with E-state index in [0.29, 0.717) is 36.4 Å². The van der Waals surface area contributed by atoms with Gasteiger partial charge in [0, 0.05) is 30.9 Å². The van der Waals surface area contributed by atoms with Crippen LogP contribution in [0.3, 0.4) is 0 Å². The van der Waals surface area contributed by atoms with Crippen molar-refractivity contribution in [3.05, 3.63) is 23.2 Å². The number of aliphatic hydroxyl groups excluding tert-OH is 1. The van der Waals surface area contributed by atoms with Crippen molar-refractivity contribution in [1.82, 2.24) is 15.0 Å². The first-order valence-electron chi connectivity index (χ1n) is 8.12. The van der Waals surface area contributed by atoms with Crippen LogP contribution in [0.4, 0.5) is 0 Å². The zero-order valence-corrected chi connectivity index (χ0v) is 16.0. The molecule has 0 fully saturated rings. The summed E-state index contributed by atoms with van der Waals surface area (Å²) in [5.74, 6) is 0. The van der Waals surface area contributed by atoms with Gasteiger partial charge in [-0.1, -0.05) is 11.6 Å². The number of hydrogen-bond acceptors (Lipinski definition) is 6. The maximum absolute atomic E-state index is 10.5. The second-order valence-corrected chi connectivity index (χ2v) is 8.30. The van der Waals surface area contributed by atoms with Gasteiger partial charge in [-0.3, -0.25) is 0 Å². The molecule has 1 aromatic heterocycles. The lowest BCUT2D eigenvalue weighted by molar-refractivity contribution is 0.0518. The van der Waals surface area contributed by atoms with Crippen molar-refractivity contribution in [2.24, 2.45) is 0 Å². The van der Waals surface area contributed by atoms with E-state index in [0.717, 1.165) is 5.52 Å². The van der Waals surface area contributed by atoms with Crippen LogP contribution in [-0.2, 0) is 19.8 Å². The first-order chi connectivity index (χ1) is 11.5. The molecule has 0 saturated heterocycles. The van der Waals surface area contributed by atoms with Gasteiger partial charge in [0.25, 0.3) is 0 Å². The summed E-state index contributed by atoms with van der Waals surface area (Å²) in [6.07, 6.45) is -0.737. The lowest BCUT2D eigenvalue weighted by Crippen LogP contribution is -2.49. The number of hydrogen-bond donors (Lipinski definition) is 1. The van der Waals surface area contributed by atoms with Crippen molar-refractivity contribution < 1.29 is 18.4 Å². The van der Waals surface area contributed by atoms with E-state index < -0.39 is 14.9 Å². The lowest BCUT2D eigenvalue weighted by Gasteiger charge is -2.30. The fourth-order valence-corrected chi connectivity index (χ4v) is 5.31. The molecular formula is C15H24ClN3O4Si. The minimum absolute atomic E-state index is 0.230. The Morgan fingerprint density at radius 1 is 1.08 bits per heavy atom. The van der Waals surface area contributed by atoms with E-state index >= 15 is 0 Å². The summed E-state index contributed by atoms with van der Waals surface area (Å²) in [6, 6.07) is 5.59. The third kappa shape index (κ3) is 4.98. The Bertz CT molecular complexity index is 638. The van der Waals surface area contributed by atoms with Crippen LogP contribution < -0.4 is 0 Å². The van der Waals surface area contributed by atoms with Gasteiger partial charge in [0.2, 0.25) is 0 Å². The highest BCUT2D eigenvalue weighted by molar-refractivity contribution is 6.60. The predicted molar refractivity (Wildman–Crippen MR) is 94.0 cm³/mol. The average molecular weight is 374 g/mol. The van der Waals surface area contributed by atoms with Crippen molar-refractivity contribution in [2.45, 2.75) is 39.5 Å². The fraction of sp³-hybridized carbons (Fsp3) is 0.600. The summed E-state index contributed by atoms with van der Waals surface area (Å²) >= 11 is 5.95. The van der Waals surface area contributed by atoms with Crippen LogP contribution in [0.1, 0.15) is 20.8 Å². The third-order valence-corrected chi connectivity index (χ3v) is 6.73. The Morgan fingerprint density at radius 3 is 2.25 bits per heavy atom. The first kappa shape index (κ1) is 19.3. The highest BCUT2D eigenvalue weighted by atomic mass is 35.5. The standard InChI is InChI=1S/C15H24ClN3O4Si/c1-4-21-24(22-5-2,23-6-3)11-13(20)10-19-17-14-8-7-12(16)9-15(14)18-19/h7-9,13,20H,4-6,10-11H2,1-3H3. The number of fused-ring (bicyclic) bond motifs is 1.